The van der Waals surface area contributed by atoms with Crippen molar-refractivity contribution in [1.82, 2.24) is 26.3 Å². The van der Waals surface area contributed by atoms with Crippen LogP contribution < -0.4 is 26.6 Å². The highest BCUT2D eigenvalue weighted by Gasteiger charge is 2.24. The number of carbonyl (C=O) groups is 5. The summed E-state index contributed by atoms with van der Waals surface area (Å²) in [6, 6.07) is 20.4. The summed E-state index contributed by atoms with van der Waals surface area (Å²) >= 11 is 0. The first-order valence-electron chi connectivity index (χ1n) is 24.3. The molecule has 0 spiro atoms. The predicted octanol–water partition coefficient (Wildman–Crippen LogP) is 6.24. The van der Waals surface area contributed by atoms with E-state index in [-0.39, 0.29) is 56.2 Å². The predicted molar refractivity (Wildman–Crippen MR) is 269 cm³/mol. The second-order valence-electron chi connectivity index (χ2n) is 17.8. The number of amides is 4. The summed E-state index contributed by atoms with van der Waals surface area (Å²) in [7, 11) is 0. The maximum absolute atomic E-state index is 13.9. The Balaban J connectivity index is 1.22. The minimum absolute atomic E-state index is 0.123. The van der Waals surface area contributed by atoms with E-state index in [1.807, 2.05) is 75.4 Å². The monoisotopic (exact) mass is 971 g/mol. The lowest BCUT2D eigenvalue weighted by atomic mass is 9.93. The van der Waals surface area contributed by atoms with Crippen LogP contribution in [0.1, 0.15) is 87.3 Å². The van der Waals surface area contributed by atoms with Crippen LogP contribution in [0.25, 0.3) is 21.9 Å². The van der Waals surface area contributed by atoms with Gasteiger partial charge in [-0.15, -0.1) is 0 Å². The molecule has 17 nitrogen and oxygen atoms in total. The van der Waals surface area contributed by atoms with Crippen LogP contribution in [0.3, 0.4) is 0 Å². The van der Waals surface area contributed by atoms with Crippen LogP contribution in [0.4, 0.5) is 5.82 Å². The van der Waals surface area contributed by atoms with Gasteiger partial charge in [0, 0.05) is 37.9 Å². The maximum atomic E-state index is 13.9. The summed E-state index contributed by atoms with van der Waals surface area (Å²) < 4.78 is 27.8. The molecule has 2 atom stereocenters. The number of aliphatic carboxylic acids is 1. The largest absolute Gasteiger partial charge is 0.481 e. The molecule has 3 aromatic carbocycles. The van der Waals surface area contributed by atoms with Gasteiger partial charge in [0.25, 0.3) is 5.91 Å². The van der Waals surface area contributed by atoms with Crippen molar-refractivity contribution in [3.8, 4) is 11.1 Å². The molecule has 1 aromatic heterocycles. The Morgan fingerprint density at radius 1 is 0.657 bits per heavy atom. The number of hydrogen-bond donors (Lipinski definition) is 6. The molecule has 0 saturated carbocycles. The average molecular weight is 971 g/mol. The highest BCUT2D eigenvalue weighted by atomic mass is 16.6. The lowest BCUT2D eigenvalue weighted by Crippen LogP contribution is -2.48. The van der Waals surface area contributed by atoms with Gasteiger partial charge < -0.3 is 55.4 Å². The van der Waals surface area contributed by atoms with E-state index < -0.39 is 24.0 Å². The molecule has 0 unspecified atom stereocenters. The quantitative estimate of drug-likeness (QED) is 0.0281. The van der Waals surface area contributed by atoms with Crippen molar-refractivity contribution in [3.63, 3.8) is 0 Å². The summed E-state index contributed by atoms with van der Waals surface area (Å²) in [5.74, 6) is -1.13. The number of anilines is 1. The molecule has 0 aliphatic heterocycles. The fourth-order valence-electron chi connectivity index (χ4n) is 7.29. The maximum Gasteiger partial charge on any atom is 0.305 e. The van der Waals surface area contributed by atoms with Crippen molar-refractivity contribution in [2.45, 2.75) is 78.8 Å². The van der Waals surface area contributed by atoms with E-state index in [1.54, 1.807) is 24.4 Å². The second kappa shape index (κ2) is 32.0. The number of pyridine rings is 1. The first-order chi connectivity index (χ1) is 33.8. The van der Waals surface area contributed by atoms with Crippen molar-refractivity contribution < 1.29 is 52.8 Å². The molecule has 4 amide bonds. The van der Waals surface area contributed by atoms with Crippen molar-refractivity contribution in [2.75, 3.05) is 91.0 Å². The van der Waals surface area contributed by atoms with Gasteiger partial charge in [0.2, 0.25) is 17.7 Å². The Morgan fingerprint density at radius 2 is 1.29 bits per heavy atom. The summed E-state index contributed by atoms with van der Waals surface area (Å²) in [6.45, 7) is 15.5. The fraction of sp³-hybridized carbons (Fsp3) is 0.509. The number of nitrogens with zero attached hydrogens (tertiary/aromatic N) is 1. The zero-order chi connectivity index (χ0) is 50.5. The number of rotatable bonds is 35. The number of benzene rings is 3. The van der Waals surface area contributed by atoms with Crippen molar-refractivity contribution in [1.29, 1.82) is 0 Å². The van der Waals surface area contributed by atoms with E-state index in [9.17, 15) is 29.1 Å². The number of aromatic nitrogens is 1. The van der Waals surface area contributed by atoms with Crippen LogP contribution in [0.15, 0.2) is 79.0 Å². The van der Waals surface area contributed by atoms with Crippen LogP contribution in [0.5, 0.6) is 0 Å². The van der Waals surface area contributed by atoms with Crippen LogP contribution in [-0.2, 0) is 42.9 Å². The first kappa shape index (κ1) is 56.6. The molecule has 0 fully saturated rings. The highest BCUT2D eigenvalue weighted by molar-refractivity contribution is 6.11. The number of ether oxygens (including phenoxy) is 5. The molecule has 0 saturated heterocycles. The summed E-state index contributed by atoms with van der Waals surface area (Å²) in [5.41, 5.74) is 3.68. The third-order valence-corrected chi connectivity index (χ3v) is 11.0. The molecule has 0 radical (unpaired) electrons. The van der Waals surface area contributed by atoms with Crippen molar-refractivity contribution in [3.05, 3.63) is 95.7 Å². The van der Waals surface area contributed by atoms with E-state index >= 15 is 0 Å². The van der Waals surface area contributed by atoms with Crippen molar-refractivity contribution >= 4 is 46.2 Å². The van der Waals surface area contributed by atoms with Crippen LogP contribution in [0.2, 0.25) is 0 Å². The number of fused-ring (bicyclic) bond motifs is 1. The molecule has 70 heavy (non-hydrogen) atoms. The standard InChI is InChI=1S/C53H74N6O11/c1-37(2)19-23-66-25-27-68-29-31-70-32-30-69-28-26-67-24-22-56-53(65)47(33-38(3)4)59-52(64)45-17-16-42(43-9-6-7-10-44(43)45)40-12-14-41(15-13-40)46(35-51(62)63)58-50(61)36-57-49(60)11-8-20-54-48-34-39(5)18-21-55-48/h6-7,9-10,12-18,21,34,37-38,46-47H,8,11,19-20,22-33,35-36H2,1-5H3,(H,54,55)(H,56,65)(H,57,60)(H,58,61)(H,59,64)(H,62,63)/t46-,47+/m0/s1. The van der Waals surface area contributed by atoms with Crippen LogP contribution >= 0.6 is 0 Å². The number of nitrogens with one attached hydrogen (secondary N) is 5. The normalized spacial score (nSPS) is 12.2. The van der Waals surface area contributed by atoms with Crippen LogP contribution in [-0.4, -0.2) is 131 Å². The third kappa shape index (κ3) is 21.8. The van der Waals surface area contributed by atoms with Gasteiger partial charge in [-0.3, -0.25) is 24.0 Å². The number of aryl methyl sites for hydroxylation is 1. The van der Waals surface area contributed by atoms with Gasteiger partial charge in [-0.2, -0.15) is 0 Å². The van der Waals surface area contributed by atoms with Gasteiger partial charge in [-0.1, -0.05) is 82.3 Å². The lowest BCUT2D eigenvalue weighted by Gasteiger charge is -2.21. The first-order valence-corrected chi connectivity index (χ1v) is 24.3. The van der Waals surface area contributed by atoms with Gasteiger partial charge in [-0.05, 0) is 89.2 Å². The Morgan fingerprint density at radius 3 is 1.90 bits per heavy atom. The SMILES string of the molecule is Cc1ccnc(NCCCC(=O)NCC(=O)N[C@@H](CC(=O)O)c2ccc(-c3ccc(C(=O)N[C@H](CC(C)C)C(=O)NCCOCCOCCOCCOCCOCCC(C)C)c4ccccc34)cc2)c1. The number of carboxylic acid groups (broad SMARTS) is 1. The third-order valence-electron chi connectivity index (χ3n) is 11.0. The van der Waals surface area contributed by atoms with E-state index in [2.05, 4.69) is 45.4 Å². The number of carbonyl (C=O) groups excluding carboxylic acids is 4. The molecule has 0 aliphatic rings. The molecule has 4 aromatic rings. The molecule has 6 N–H and O–H groups in total. The molecule has 4 rings (SSSR count). The Bertz CT molecular complexity index is 2220. The minimum Gasteiger partial charge on any atom is -0.481 e. The summed E-state index contributed by atoms with van der Waals surface area (Å²) in [5, 5.41) is 25.5. The molecule has 0 aliphatic carbocycles. The number of hydrogen-bond acceptors (Lipinski definition) is 12. The van der Waals surface area contributed by atoms with Gasteiger partial charge >= 0.3 is 5.97 Å². The zero-order valence-electron chi connectivity index (χ0n) is 41.5. The van der Waals surface area contributed by atoms with E-state index in [4.69, 9.17) is 23.7 Å². The lowest BCUT2D eigenvalue weighted by molar-refractivity contribution is -0.138. The van der Waals surface area contributed by atoms with Gasteiger partial charge in [-0.25, -0.2) is 4.98 Å². The van der Waals surface area contributed by atoms with E-state index in [0.717, 1.165) is 40.9 Å². The summed E-state index contributed by atoms with van der Waals surface area (Å²) in [6.07, 6.45) is 3.54. The zero-order valence-corrected chi connectivity index (χ0v) is 41.5. The Hall–Kier alpha value is -5.98. The molecular weight excluding hydrogens is 897 g/mol. The molecular formula is C53H74N6O11. The average Bonchev–Trinajstić information content (AvgIpc) is 3.33. The smallest absolute Gasteiger partial charge is 0.305 e. The molecule has 1 heterocycles. The molecule has 17 heteroatoms. The number of carboxylic acids is 1. The topological polar surface area (TPSA) is 225 Å². The fourth-order valence-corrected chi connectivity index (χ4v) is 7.29. The van der Waals surface area contributed by atoms with Gasteiger partial charge in [0.05, 0.1) is 78.5 Å². The van der Waals surface area contributed by atoms with Crippen LogP contribution in [0, 0.1) is 18.8 Å². The van der Waals surface area contributed by atoms with Crippen molar-refractivity contribution in [2.24, 2.45) is 11.8 Å². The summed E-state index contributed by atoms with van der Waals surface area (Å²) in [4.78, 5) is 68.7. The second-order valence-corrected chi connectivity index (χ2v) is 17.8. The van der Waals surface area contributed by atoms with E-state index in [1.165, 1.54) is 0 Å². The highest BCUT2D eigenvalue weighted by Crippen LogP contribution is 2.32. The minimum atomic E-state index is -1.10. The molecule has 0 bridgehead atoms. The Kier molecular flexibility index (Phi) is 25.9. The Labute approximate surface area is 412 Å². The van der Waals surface area contributed by atoms with Gasteiger partial charge in [0.15, 0.2) is 0 Å². The molecule has 382 valence electrons. The van der Waals surface area contributed by atoms with Gasteiger partial charge in [0.1, 0.15) is 11.9 Å². The van der Waals surface area contributed by atoms with E-state index in [0.29, 0.717) is 94.7 Å².